The van der Waals surface area contributed by atoms with E-state index in [1.54, 1.807) is 32.0 Å². The minimum atomic E-state index is -1.04. The van der Waals surface area contributed by atoms with Gasteiger partial charge < -0.3 is 9.84 Å². The summed E-state index contributed by atoms with van der Waals surface area (Å²) in [4.78, 5) is 21.6. The van der Waals surface area contributed by atoms with Gasteiger partial charge in [0.25, 0.3) is 0 Å². The number of hydrogen-bond donors (Lipinski definition) is 1. The van der Waals surface area contributed by atoms with Crippen molar-refractivity contribution in [2.75, 3.05) is 0 Å². The van der Waals surface area contributed by atoms with Crippen LogP contribution in [0.3, 0.4) is 0 Å². The first-order valence-electron chi connectivity index (χ1n) is 8.68. The number of amides is 1. The van der Waals surface area contributed by atoms with Crippen LogP contribution in [0.2, 0.25) is 0 Å². The van der Waals surface area contributed by atoms with E-state index >= 15 is 0 Å². The Hall–Kier alpha value is -2.88. The molecule has 0 spiro atoms. The van der Waals surface area contributed by atoms with Crippen LogP contribution in [-0.4, -0.2) is 27.8 Å². The van der Waals surface area contributed by atoms with Crippen molar-refractivity contribution >= 4 is 11.6 Å². The third-order valence-electron chi connectivity index (χ3n) is 4.60. The Morgan fingerprint density at radius 3 is 2.63 bits per heavy atom. The summed E-state index contributed by atoms with van der Waals surface area (Å²) in [6.07, 6.45) is -1.04. The first kappa shape index (κ1) is 18.9. The number of hydrogen-bond acceptors (Lipinski definition) is 4. The molecule has 6 nitrogen and oxygen atoms in total. The lowest BCUT2D eigenvalue weighted by atomic mass is 9.86. The molecule has 1 heterocycles. The van der Waals surface area contributed by atoms with Gasteiger partial charge in [-0.3, -0.25) is 9.63 Å². The molecule has 6 heteroatoms. The smallest absolute Gasteiger partial charge is 0.243 e. The monoisotopic (exact) mass is 366 g/mol. The van der Waals surface area contributed by atoms with Crippen molar-refractivity contribution in [1.29, 1.82) is 0 Å². The van der Waals surface area contributed by atoms with Crippen molar-refractivity contribution in [3.63, 3.8) is 0 Å². The Morgan fingerprint density at radius 1 is 1.30 bits per heavy atom. The van der Waals surface area contributed by atoms with Crippen molar-refractivity contribution in [3.05, 3.63) is 71.1 Å². The predicted molar refractivity (Wildman–Crippen MR) is 99.9 cm³/mol. The topological polar surface area (TPSA) is 63.4 Å². The first-order valence-corrected chi connectivity index (χ1v) is 8.68. The molecule has 2 aromatic rings. The van der Waals surface area contributed by atoms with Gasteiger partial charge in [-0.05, 0) is 31.5 Å². The zero-order valence-corrected chi connectivity index (χ0v) is 15.5. The Morgan fingerprint density at radius 2 is 2.00 bits per heavy atom. The molecule has 1 unspecified atom stereocenters. The van der Waals surface area contributed by atoms with E-state index < -0.39 is 17.7 Å². The van der Waals surface area contributed by atoms with Crippen molar-refractivity contribution in [2.24, 2.45) is 0 Å². The molecule has 0 aromatic heterocycles. The molecule has 2 atom stereocenters. The van der Waals surface area contributed by atoms with Crippen LogP contribution in [0.5, 0.6) is 5.75 Å². The van der Waals surface area contributed by atoms with Gasteiger partial charge in [0, 0.05) is 12.5 Å². The summed E-state index contributed by atoms with van der Waals surface area (Å²) in [5.41, 5.74) is 0.931. The molecule has 0 saturated heterocycles. The Balaban J connectivity index is 1.99. The van der Waals surface area contributed by atoms with E-state index in [4.69, 9.17) is 16.1 Å². The lowest BCUT2D eigenvalue weighted by Crippen LogP contribution is -2.54. The fourth-order valence-corrected chi connectivity index (χ4v) is 3.16. The van der Waals surface area contributed by atoms with Gasteiger partial charge in [0.05, 0.1) is 6.57 Å². The molecule has 0 saturated carbocycles. The normalized spacial score (nSPS) is 20.1. The van der Waals surface area contributed by atoms with Crippen LogP contribution in [0.15, 0.2) is 48.5 Å². The summed E-state index contributed by atoms with van der Waals surface area (Å²) in [6.45, 7) is 12.3. The van der Waals surface area contributed by atoms with Crippen LogP contribution in [0.25, 0.3) is 4.85 Å². The molecule has 0 aliphatic carbocycles. The fourth-order valence-electron chi connectivity index (χ4n) is 3.16. The second kappa shape index (κ2) is 7.39. The highest BCUT2D eigenvalue weighted by Crippen LogP contribution is 2.44. The molecule has 140 valence electrons. The molecular formula is C21H22N2O4. The molecule has 1 N–H and O–H groups in total. The number of ether oxygens (including phenoxy) is 1. The quantitative estimate of drug-likeness (QED) is 0.661. The first-order chi connectivity index (χ1) is 12.8. The highest BCUT2D eigenvalue weighted by Gasteiger charge is 2.47. The van der Waals surface area contributed by atoms with Gasteiger partial charge in [-0.1, -0.05) is 36.4 Å². The number of carbonyl (C=O) groups is 1. The third kappa shape index (κ3) is 3.80. The van der Waals surface area contributed by atoms with E-state index in [1.807, 2.05) is 30.3 Å². The number of rotatable bonds is 4. The van der Waals surface area contributed by atoms with E-state index in [1.165, 1.54) is 12.0 Å². The Labute approximate surface area is 158 Å². The molecule has 0 radical (unpaired) electrons. The minimum absolute atomic E-state index is 0.183. The van der Waals surface area contributed by atoms with Gasteiger partial charge in [0.2, 0.25) is 5.91 Å². The second-order valence-corrected chi connectivity index (χ2v) is 7.03. The van der Waals surface area contributed by atoms with Gasteiger partial charge in [-0.15, -0.1) is 0 Å². The third-order valence-corrected chi connectivity index (χ3v) is 4.60. The van der Waals surface area contributed by atoms with Crippen LogP contribution in [0.4, 0.5) is 5.69 Å². The number of aliphatic hydroxyl groups excluding tert-OH is 1. The van der Waals surface area contributed by atoms with E-state index in [0.29, 0.717) is 17.0 Å². The molecule has 27 heavy (non-hydrogen) atoms. The Kier molecular flexibility index (Phi) is 5.17. The van der Waals surface area contributed by atoms with Crippen molar-refractivity contribution < 1.29 is 19.5 Å². The molecule has 1 aliphatic rings. The summed E-state index contributed by atoms with van der Waals surface area (Å²) < 4.78 is 5.91. The van der Waals surface area contributed by atoms with Gasteiger partial charge in [0.15, 0.2) is 5.69 Å². The van der Waals surface area contributed by atoms with Gasteiger partial charge in [-0.2, -0.15) is 0 Å². The van der Waals surface area contributed by atoms with Gasteiger partial charge in [0.1, 0.15) is 30.1 Å². The number of fused-ring (bicyclic) bond motifs is 1. The van der Waals surface area contributed by atoms with E-state index in [2.05, 4.69) is 4.85 Å². The maximum atomic E-state index is 12.4. The molecule has 0 fully saturated rings. The lowest BCUT2D eigenvalue weighted by Gasteiger charge is -2.45. The summed E-state index contributed by atoms with van der Waals surface area (Å²) in [7, 11) is 0. The van der Waals surface area contributed by atoms with Crippen molar-refractivity contribution in [2.45, 2.75) is 45.1 Å². The SMILES string of the molecule is [C-]#[N+]c1ccc2c(c1)C(N(OCc1ccccc1)C(C)=O)[C@H](O)C(C)(C)O2. The van der Waals surface area contributed by atoms with Crippen molar-refractivity contribution in [1.82, 2.24) is 5.06 Å². The number of benzene rings is 2. The number of aliphatic hydroxyl groups is 1. The summed E-state index contributed by atoms with van der Waals surface area (Å²) >= 11 is 0. The van der Waals surface area contributed by atoms with Crippen LogP contribution in [-0.2, 0) is 16.2 Å². The number of carbonyl (C=O) groups excluding carboxylic acids is 1. The maximum Gasteiger partial charge on any atom is 0.243 e. The van der Waals surface area contributed by atoms with Crippen molar-refractivity contribution in [3.8, 4) is 5.75 Å². The highest BCUT2D eigenvalue weighted by molar-refractivity contribution is 5.73. The molecular weight excluding hydrogens is 344 g/mol. The molecule has 1 amide bonds. The fraction of sp³-hybridized carbons (Fsp3) is 0.333. The summed E-state index contributed by atoms with van der Waals surface area (Å²) in [5, 5.41) is 12.1. The zero-order chi connectivity index (χ0) is 19.6. The van der Waals surface area contributed by atoms with Gasteiger partial charge >= 0.3 is 0 Å². The largest absolute Gasteiger partial charge is 0.485 e. The van der Waals surface area contributed by atoms with Crippen LogP contribution in [0, 0.1) is 6.57 Å². The van der Waals surface area contributed by atoms with E-state index in [9.17, 15) is 9.90 Å². The van der Waals surface area contributed by atoms with E-state index in [0.717, 1.165) is 5.56 Å². The lowest BCUT2D eigenvalue weighted by molar-refractivity contribution is -0.232. The molecule has 3 rings (SSSR count). The average Bonchev–Trinajstić information content (AvgIpc) is 2.64. The number of hydroxylamine groups is 2. The average molecular weight is 366 g/mol. The van der Waals surface area contributed by atoms with Gasteiger partial charge in [-0.25, -0.2) is 9.91 Å². The van der Waals surface area contributed by atoms with Crippen LogP contribution < -0.4 is 4.74 Å². The standard InChI is InChI=1S/C21H22N2O4/c1-14(24)23(26-13-15-8-6-5-7-9-15)19-17-12-16(22-4)10-11-18(17)27-21(2,3)20(19)25/h5-12,19-20,25H,13H2,1-3H3/t19?,20-/m0/s1. The predicted octanol–water partition coefficient (Wildman–Crippen LogP) is 3.79. The zero-order valence-electron chi connectivity index (χ0n) is 15.5. The van der Waals surface area contributed by atoms with E-state index in [-0.39, 0.29) is 12.5 Å². The minimum Gasteiger partial charge on any atom is -0.485 e. The Bertz CT molecular complexity index is 873. The molecule has 0 bridgehead atoms. The second-order valence-electron chi connectivity index (χ2n) is 7.03. The van der Waals surface area contributed by atoms with Crippen LogP contribution >= 0.6 is 0 Å². The maximum absolute atomic E-state index is 12.4. The summed E-state index contributed by atoms with van der Waals surface area (Å²) in [5.74, 6) is 0.184. The molecule has 2 aromatic carbocycles. The summed E-state index contributed by atoms with van der Waals surface area (Å²) in [6, 6.07) is 13.7. The molecule has 1 aliphatic heterocycles. The highest BCUT2D eigenvalue weighted by atomic mass is 16.7. The van der Waals surface area contributed by atoms with Crippen LogP contribution in [0.1, 0.15) is 37.9 Å². The number of nitrogens with zero attached hydrogens (tertiary/aromatic N) is 2.